The van der Waals surface area contributed by atoms with E-state index in [0.717, 1.165) is 31.2 Å². The number of amides is 1. The fourth-order valence-corrected chi connectivity index (χ4v) is 3.68. The normalized spacial score (nSPS) is 18.1. The zero-order valence-electron chi connectivity index (χ0n) is 14.2. The molecule has 5 nitrogen and oxygen atoms in total. The maximum absolute atomic E-state index is 13.1. The predicted octanol–water partition coefficient (Wildman–Crippen LogP) is 3.53. The molecule has 134 valence electrons. The lowest BCUT2D eigenvalue weighted by Gasteiger charge is -2.30. The third-order valence-electron chi connectivity index (χ3n) is 4.09. The van der Waals surface area contributed by atoms with Crippen LogP contribution in [0.1, 0.15) is 25.5 Å². The van der Waals surface area contributed by atoms with Crippen LogP contribution < -0.4 is 10.1 Å². The Kier molecular flexibility index (Phi) is 5.99. The summed E-state index contributed by atoms with van der Waals surface area (Å²) >= 11 is 1.41. The highest BCUT2D eigenvalue weighted by Gasteiger charge is 2.17. The highest BCUT2D eigenvalue weighted by atomic mass is 32.1. The van der Waals surface area contributed by atoms with E-state index in [0.29, 0.717) is 10.9 Å². The Morgan fingerprint density at radius 2 is 2.40 bits per heavy atom. The summed E-state index contributed by atoms with van der Waals surface area (Å²) in [4.78, 5) is 18.8. The lowest BCUT2D eigenvalue weighted by Crippen LogP contribution is -2.33. The monoisotopic (exact) mass is 363 g/mol. The molecule has 0 bridgehead atoms. The average molecular weight is 363 g/mol. The largest absolute Gasteiger partial charge is 0.484 e. The van der Waals surface area contributed by atoms with Crippen LogP contribution in [-0.4, -0.2) is 35.5 Å². The molecule has 0 spiro atoms. The number of carbonyl (C=O) groups is 1. The van der Waals surface area contributed by atoms with E-state index in [-0.39, 0.29) is 12.5 Å². The number of aromatic nitrogens is 1. The molecule has 3 rings (SSSR count). The number of nitrogens with one attached hydrogen (secondary N) is 1. The van der Waals surface area contributed by atoms with Crippen molar-refractivity contribution in [2.45, 2.75) is 26.3 Å². The maximum Gasteiger partial charge on any atom is 0.264 e. The second kappa shape index (κ2) is 8.40. The van der Waals surface area contributed by atoms with E-state index in [4.69, 9.17) is 4.74 Å². The van der Waals surface area contributed by atoms with Crippen LogP contribution in [0.2, 0.25) is 0 Å². The minimum Gasteiger partial charge on any atom is -0.484 e. The average Bonchev–Trinajstić information content (AvgIpc) is 3.00. The second-order valence-electron chi connectivity index (χ2n) is 6.42. The number of benzene rings is 1. The molecule has 0 saturated carbocycles. The minimum absolute atomic E-state index is 0.179. The number of nitrogens with zero attached hydrogens (tertiary/aromatic N) is 2. The Labute approximate surface area is 150 Å². The van der Waals surface area contributed by atoms with E-state index < -0.39 is 5.82 Å². The molecular formula is C18H22FN3O2S. The molecule has 1 aromatic carbocycles. The summed E-state index contributed by atoms with van der Waals surface area (Å²) in [5, 5.41) is 5.26. The number of thiazole rings is 1. The van der Waals surface area contributed by atoms with Gasteiger partial charge in [0.2, 0.25) is 0 Å². The van der Waals surface area contributed by atoms with Crippen LogP contribution in [0.25, 0.3) is 0 Å². The lowest BCUT2D eigenvalue weighted by molar-refractivity contribution is -0.118. The number of anilines is 1. The van der Waals surface area contributed by atoms with Crippen molar-refractivity contribution in [3.63, 3.8) is 0 Å². The summed E-state index contributed by atoms with van der Waals surface area (Å²) < 4.78 is 18.3. The lowest BCUT2D eigenvalue weighted by atomic mass is 10.0. The highest BCUT2D eigenvalue weighted by molar-refractivity contribution is 7.13. The topological polar surface area (TPSA) is 54.5 Å². The van der Waals surface area contributed by atoms with Crippen molar-refractivity contribution < 1.29 is 13.9 Å². The van der Waals surface area contributed by atoms with E-state index in [1.165, 1.54) is 42.4 Å². The van der Waals surface area contributed by atoms with Gasteiger partial charge in [-0.2, -0.15) is 0 Å². The molecule has 2 heterocycles. The molecule has 0 aliphatic carbocycles. The van der Waals surface area contributed by atoms with Crippen molar-refractivity contribution in [2.24, 2.45) is 5.92 Å². The standard InChI is InChI=1S/C18H22FN3O2S/c1-13-4-3-7-22(9-13)10-15-12-25-18(20-15)21-17(23)11-24-16-6-2-5-14(19)8-16/h2,5-6,8,12-13H,3-4,7,9-11H2,1H3,(H,20,21,23)/t13-/m0/s1. The predicted molar refractivity (Wildman–Crippen MR) is 96.3 cm³/mol. The molecule has 1 fully saturated rings. The van der Waals surface area contributed by atoms with Gasteiger partial charge in [0.1, 0.15) is 11.6 Å². The first-order chi connectivity index (χ1) is 12.1. The number of ether oxygens (including phenoxy) is 1. The molecule has 7 heteroatoms. The molecule has 0 unspecified atom stereocenters. The molecular weight excluding hydrogens is 341 g/mol. The Hall–Kier alpha value is -1.99. The first-order valence-electron chi connectivity index (χ1n) is 8.43. The number of halogens is 1. The first-order valence-corrected chi connectivity index (χ1v) is 9.31. The fraction of sp³-hybridized carbons (Fsp3) is 0.444. The van der Waals surface area contributed by atoms with E-state index >= 15 is 0 Å². The van der Waals surface area contributed by atoms with Crippen LogP contribution in [0, 0.1) is 11.7 Å². The summed E-state index contributed by atoms with van der Waals surface area (Å²) in [6.07, 6.45) is 2.52. The van der Waals surface area contributed by atoms with Gasteiger partial charge < -0.3 is 4.74 Å². The molecule has 1 aliphatic heterocycles. The van der Waals surface area contributed by atoms with Gasteiger partial charge in [0.05, 0.1) is 5.69 Å². The van der Waals surface area contributed by atoms with Gasteiger partial charge in [0, 0.05) is 24.5 Å². The van der Waals surface area contributed by atoms with E-state index in [9.17, 15) is 9.18 Å². The van der Waals surface area contributed by atoms with Gasteiger partial charge in [-0.15, -0.1) is 11.3 Å². The van der Waals surface area contributed by atoms with Crippen LogP contribution in [0.15, 0.2) is 29.6 Å². The highest BCUT2D eigenvalue weighted by Crippen LogP contribution is 2.21. The molecule has 1 N–H and O–H groups in total. The quantitative estimate of drug-likeness (QED) is 0.853. The number of likely N-dealkylation sites (tertiary alicyclic amines) is 1. The van der Waals surface area contributed by atoms with Crippen LogP contribution in [0.4, 0.5) is 9.52 Å². The van der Waals surface area contributed by atoms with Crippen molar-refractivity contribution in [3.05, 3.63) is 41.2 Å². The third kappa shape index (κ3) is 5.51. The first kappa shape index (κ1) is 17.8. The van der Waals surface area contributed by atoms with Crippen molar-refractivity contribution in [1.82, 2.24) is 9.88 Å². The number of carbonyl (C=O) groups excluding carboxylic acids is 1. The number of hydrogen-bond acceptors (Lipinski definition) is 5. The number of rotatable bonds is 6. The smallest absolute Gasteiger partial charge is 0.264 e. The van der Waals surface area contributed by atoms with Crippen molar-refractivity contribution in [3.8, 4) is 5.75 Å². The van der Waals surface area contributed by atoms with Gasteiger partial charge in [-0.1, -0.05) is 13.0 Å². The van der Waals surface area contributed by atoms with Gasteiger partial charge in [0.15, 0.2) is 11.7 Å². The summed E-state index contributed by atoms with van der Waals surface area (Å²) in [6, 6.07) is 5.72. The van der Waals surface area contributed by atoms with E-state index in [1.807, 2.05) is 5.38 Å². The Balaban J connectivity index is 1.46. The molecule has 1 atom stereocenters. The second-order valence-corrected chi connectivity index (χ2v) is 7.28. The van der Waals surface area contributed by atoms with Gasteiger partial charge in [0.25, 0.3) is 5.91 Å². The maximum atomic E-state index is 13.1. The van der Waals surface area contributed by atoms with Crippen molar-refractivity contribution in [2.75, 3.05) is 25.0 Å². The van der Waals surface area contributed by atoms with E-state index in [1.54, 1.807) is 6.07 Å². The zero-order valence-corrected chi connectivity index (χ0v) is 15.0. The number of piperidine rings is 1. The number of hydrogen-bond donors (Lipinski definition) is 1. The van der Waals surface area contributed by atoms with Crippen LogP contribution in [0.3, 0.4) is 0 Å². The summed E-state index contributed by atoms with van der Waals surface area (Å²) in [6.45, 7) is 5.11. The van der Waals surface area contributed by atoms with Gasteiger partial charge in [-0.05, 0) is 37.4 Å². The third-order valence-corrected chi connectivity index (χ3v) is 4.90. The molecule has 25 heavy (non-hydrogen) atoms. The molecule has 1 aliphatic rings. The van der Waals surface area contributed by atoms with Crippen molar-refractivity contribution >= 4 is 22.4 Å². The minimum atomic E-state index is -0.394. The van der Waals surface area contributed by atoms with E-state index in [2.05, 4.69) is 22.1 Å². The summed E-state index contributed by atoms with van der Waals surface area (Å²) in [7, 11) is 0. The Morgan fingerprint density at radius 1 is 1.52 bits per heavy atom. The summed E-state index contributed by atoms with van der Waals surface area (Å²) in [5.41, 5.74) is 0.973. The van der Waals surface area contributed by atoms with Crippen molar-refractivity contribution in [1.29, 1.82) is 0 Å². The van der Waals surface area contributed by atoms with Crippen LogP contribution in [0.5, 0.6) is 5.75 Å². The molecule has 2 aromatic rings. The SMILES string of the molecule is C[C@H]1CCCN(Cc2csc(NC(=O)COc3cccc(F)c3)n2)C1. The summed E-state index contributed by atoms with van der Waals surface area (Å²) in [5.74, 6) is 0.354. The van der Waals surface area contributed by atoms with Gasteiger partial charge >= 0.3 is 0 Å². The van der Waals surface area contributed by atoms with Crippen LogP contribution in [-0.2, 0) is 11.3 Å². The Morgan fingerprint density at radius 3 is 3.20 bits per heavy atom. The van der Waals surface area contributed by atoms with Gasteiger partial charge in [-0.3, -0.25) is 15.0 Å². The van der Waals surface area contributed by atoms with Crippen LogP contribution >= 0.6 is 11.3 Å². The van der Waals surface area contributed by atoms with Gasteiger partial charge in [-0.25, -0.2) is 9.37 Å². The Bertz CT molecular complexity index is 722. The zero-order chi connectivity index (χ0) is 17.6. The fourth-order valence-electron chi connectivity index (χ4n) is 2.96. The molecule has 0 radical (unpaired) electrons. The molecule has 1 amide bonds. The molecule has 1 aromatic heterocycles. The molecule has 1 saturated heterocycles.